The number of nitrogens with two attached hydrogens (primary N) is 1. The maximum absolute atomic E-state index is 12.5. The van der Waals surface area contributed by atoms with Gasteiger partial charge in [0.15, 0.2) is 5.65 Å². The summed E-state index contributed by atoms with van der Waals surface area (Å²) in [5.74, 6) is 0.393. The van der Waals surface area contributed by atoms with Gasteiger partial charge in [-0.15, -0.1) is 0 Å². The lowest BCUT2D eigenvalue weighted by Crippen LogP contribution is -2.36. The largest absolute Gasteiger partial charge is 0.369 e. The highest BCUT2D eigenvalue weighted by molar-refractivity contribution is 5.85. The highest BCUT2D eigenvalue weighted by Gasteiger charge is 2.26. The Kier molecular flexibility index (Phi) is 3.69. The summed E-state index contributed by atoms with van der Waals surface area (Å²) in [6.45, 7) is 9.03. The van der Waals surface area contributed by atoms with Gasteiger partial charge in [0.1, 0.15) is 11.6 Å². The fraction of sp³-hybridized carbons (Fsp3) is 0.615. The molecule has 0 fully saturated rings. The minimum Gasteiger partial charge on any atom is -0.369 e. The molecule has 0 aliphatic rings. The lowest BCUT2D eigenvalue weighted by molar-refractivity contribution is -0.133. The van der Waals surface area contributed by atoms with Crippen molar-refractivity contribution in [3.63, 3.8) is 0 Å². The van der Waals surface area contributed by atoms with E-state index in [1.54, 1.807) is 14.1 Å². The van der Waals surface area contributed by atoms with E-state index >= 15 is 0 Å². The third-order valence-corrected chi connectivity index (χ3v) is 3.68. The van der Waals surface area contributed by atoms with Crippen molar-refractivity contribution in [2.45, 2.75) is 33.7 Å². The number of carbonyl (C=O) groups excluding carboxylic acids is 1. The number of nitrogen functional groups attached to an aromatic ring is 1. The van der Waals surface area contributed by atoms with Gasteiger partial charge in [-0.2, -0.15) is 5.10 Å². The summed E-state index contributed by atoms with van der Waals surface area (Å²) >= 11 is 0. The molecule has 2 heterocycles. The van der Waals surface area contributed by atoms with Crippen molar-refractivity contribution < 1.29 is 4.79 Å². The highest BCUT2D eigenvalue weighted by Crippen LogP contribution is 2.25. The number of hydrogen-bond donors (Lipinski definition) is 1. The smallest absolute Gasteiger partial charge is 0.245 e. The zero-order chi connectivity index (χ0) is 15.0. The topological polar surface area (TPSA) is 82.0 Å². The molecule has 0 spiro atoms. The molecule has 0 radical (unpaired) electrons. The van der Waals surface area contributed by atoms with Crippen molar-refractivity contribution in [1.82, 2.24) is 24.2 Å². The van der Waals surface area contributed by atoms with Crippen molar-refractivity contribution in [2.24, 2.45) is 7.05 Å². The number of carbonyl (C=O) groups is 1. The van der Waals surface area contributed by atoms with E-state index in [2.05, 4.69) is 10.1 Å². The van der Waals surface area contributed by atoms with E-state index in [0.717, 1.165) is 16.9 Å². The van der Waals surface area contributed by atoms with Crippen LogP contribution in [0.25, 0.3) is 11.2 Å². The third kappa shape index (κ3) is 2.03. The van der Waals surface area contributed by atoms with Crippen LogP contribution < -0.4 is 5.73 Å². The molecule has 0 saturated carbocycles. The first-order chi connectivity index (χ1) is 9.42. The zero-order valence-electron chi connectivity index (χ0n) is 12.7. The Bertz CT molecular complexity index is 637. The minimum absolute atomic E-state index is 0.0415. The fourth-order valence-electron chi connectivity index (χ4n) is 2.60. The molecule has 20 heavy (non-hydrogen) atoms. The number of aryl methyl sites for hydroxylation is 2. The highest BCUT2D eigenvalue weighted by atomic mass is 16.2. The maximum atomic E-state index is 12.5. The minimum atomic E-state index is -0.394. The number of aromatic nitrogens is 4. The Labute approximate surface area is 118 Å². The van der Waals surface area contributed by atoms with Crippen LogP contribution >= 0.6 is 0 Å². The van der Waals surface area contributed by atoms with Crippen LogP contribution in [-0.2, 0) is 11.8 Å². The van der Waals surface area contributed by atoms with Gasteiger partial charge in [0.25, 0.3) is 0 Å². The lowest BCUT2D eigenvalue weighted by Gasteiger charge is -2.24. The molecule has 7 heteroatoms. The number of likely N-dealkylation sites (N-methyl/N-ethyl adjacent to an activating group) is 1. The fourth-order valence-corrected chi connectivity index (χ4v) is 2.60. The molecule has 110 valence electrons. The number of imidazole rings is 1. The number of anilines is 1. The summed E-state index contributed by atoms with van der Waals surface area (Å²) in [5.41, 5.74) is 8.35. The molecule has 2 aromatic heterocycles. The lowest BCUT2D eigenvalue weighted by atomic mass is 10.2. The van der Waals surface area contributed by atoms with Crippen LogP contribution in [0.4, 0.5) is 5.95 Å². The Balaban J connectivity index is 2.52. The zero-order valence-corrected chi connectivity index (χ0v) is 12.7. The second kappa shape index (κ2) is 5.15. The summed E-state index contributed by atoms with van der Waals surface area (Å²) < 4.78 is 3.48. The van der Waals surface area contributed by atoms with Crippen LogP contribution in [0.1, 0.15) is 32.5 Å². The average Bonchev–Trinajstić information content (AvgIpc) is 2.88. The van der Waals surface area contributed by atoms with Gasteiger partial charge < -0.3 is 10.6 Å². The Morgan fingerprint density at radius 3 is 2.55 bits per heavy atom. The summed E-state index contributed by atoms with van der Waals surface area (Å²) in [6.07, 6.45) is 0. The average molecular weight is 278 g/mol. The van der Waals surface area contributed by atoms with Gasteiger partial charge in [-0.1, -0.05) is 0 Å². The van der Waals surface area contributed by atoms with Crippen LogP contribution in [0.3, 0.4) is 0 Å². The van der Waals surface area contributed by atoms with Crippen LogP contribution in [0.2, 0.25) is 0 Å². The Morgan fingerprint density at radius 2 is 2.00 bits per heavy atom. The van der Waals surface area contributed by atoms with Gasteiger partial charge in [0, 0.05) is 20.1 Å². The first-order valence-corrected chi connectivity index (χ1v) is 6.88. The van der Waals surface area contributed by atoms with Gasteiger partial charge in [-0.05, 0) is 27.7 Å². The second-order valence-electron chi connectivity index (χ2n) is 4.91. The quantitative estimate of drug-likeness (QED) is 0.907. The van der Waals surface area contributed by atoms with Crippen molar-refractivity contribution in [1.29, 1.82) is 0 Å². The molecule has 0 aliphatic heterocycles. The van der Waals surface area contributed by atoms with Crippen LogP contribution in [0.5, 0.6) is 0 Å². The standard InChI is InChI=1S/C13H22N6O/c1-6-18(7-2)12(20)9(4)19-11-10(15-13(19)14)8(3)16-17(11)5/h9H,6-7H2,1-5H3,(H2,14,15). The van der Waals surface area contributed by atoms with Gasteiger partial charge in [-0.25, -0.2) is 4.98 Å². The normalized spacial score (nSPS) is 12.8. The molecule has 2 N–H and O–H groups in total. The first-order valence-electron chi connectivity index (χ1n) is 6.88. The maximum Gasteiger partial charge on any atom is 0.245 e. The molecular formula is C13H22N6O. The molecule has 1 amide bonds. The summed E-state index contributed by atoms with van der Waals surface area (Å²) in [4.78, 5) is 18.6. The van der Waals surface area contributed by atoms with Crippen molar-refractivity contribution in [2.75, 3.05) is 18.8 Å². The molecule has 2 rings (SSSR count). The van der Waals surface area contributed by atoms with E-state index in [1.807, 2.05) is 34.7 Å². The number of amides is 1. The van der Waals surface area contributed by atoms with E-state index in [1.165, 1.54) is 0 Å². The molecule has 1 atom stereocenters. The molecule has 2 aromatic rings. The predicted molar refractivity (Wildman–Crippen MR) is 78.3 cm³/mol. The number of hydrogen-bond acceptors (Lipinski definition) is 4. The van der Waals surface area contributed by atoms with Crippen LogP contribution in [0.15, 0.2) is 0 Å². The van der Waals surface area contributed by atoms with E-state index in [4.69, 9.17) is 5.73 Å². The third-order valence-electron chi connectivity index (χ3n) is 3.68. The van der Waals surface area contributed by atoms with Gasteiger partial charge in [0.2, 0.25) is 11.9 Å². The molecular weight excluding hydrogens is 256 g/mol. The monoisotopic (exact) mass is 278 g/mol. The Hall–Kier alpha value is -2.05. The first kappa shape index (κ1) is 14.4. The van der Waals surface area contributed by atoms with Crippen molar-refractivity contribution in [3.8, 4) is 0 Å². The second-order valence-corrected chi connectivity index (χ2v) is 4.91. The molecule has 0 saturated heterocycles. The van der Waals surface area contributed by atoms with E-state index < -0.39 is 6.04 Å². The van der Waals surface area contributed by atoms with E-state index in [-0.39, 0.29) is 5.91 Å². The summed E-state index contributed by atoms with van der Waals surface area (Å²) in [6, 6.07) is -0.394. The molecule has 7 nitrogen and oxygen atoms in total. The number of fused-ring (bicyclic) bond motifs is 1. The molecule has 0 aliphatic carbocycles. The van der Waals surface area contributed by atoms with Crippen LogP contribution in [0, 0.1) is 6.92 Å². The predicted octanol–water partition coefficient (Wildman–Crippen LogP) is 1.09. The number of rotatable bonds is 4. The molecule has 1 unspecified atom stereocenters. The number of nitrogens with zero attached hydrogens (tertiary/aromatic N) is 5. The van der Waals surface area contributed by atoms with E-state index in [0.29, 0.717) is 19.0 Å². The SMILES string of the molecule is CCN(CC)C(=O)C(C)n1c(N)nc2c(C)nn(C)c21. The van der Waals surface area contributed by atoms with Gasteiger partial charge >= 0.3 is 0 Å². The van der Waals surface area contributed by atoms with Crippen LogP contribution in [-0.4, -0.2) is 43.2 Å². The summed E-state index contributed by atoms with van der Waals surface area (Å²) in [7, 11) is 1.83. The summed E-state index contributed by atoms with van der Waals surface area (Å²) in [5, 5.41) is 4.33. The Morgan fingerprint density at radius 1 is 1.40 bits per heavy atom. The van der Waals surface area contributed by atoms with Gasteiger partial charge in [0.05, 0.1) is 5.69 Å². The van der Waals surface area contributed by atoms with E-state index in [9.17, 15) is 4.79 Å². The van der Waals surface area contributed by atoms with Gasteiger partial charge in [-0.3, -0.25) is 14.0 Å². The van der Waals surface area contributed by atoms with Crippen molar-refractivity contribution in [3.05, 3.63) is 5.69 Å². The molecule has 0 aromatic carbocycles. The van der Waals surface area contributed by atoms with Crippen molar-refractivity contribution >= 4 is 23.0 Å². The molecule has 0 bridgehead atoms.